The molecular formula is C15H17N3O3. The molecule has 1 aliphatic carbocycles. The van der Waals surface area contributed by atoms with E-state index < -0.39 is 5.97 Å². The zero-order valence-electron chi connectivity index (χ0n) is 11.8. The fourth-order valence-electron chi connectivity index (χ4n) is 2.44. The van der Waals surface area contributed by atoms with Crippen LogP contribution in [0.3, 0.4) is 0 Å². The predicted octanol–water partition coefficient (Wildman–Crippen LogP) is 2.30. The van der Waals surface area contributed by atoms with Gasteiger partial charge in [-0.15, -0.1) is 5.10 Å². The van der Waals surface area contributed by atoms with E-state index in [2.05, 4.69) is 10.3 Å². The summed E-state index contributed by atoms with van der Waals surface area (Å²) in [5.74, 6) is 0.0562. The molecule has 0 unspecified atom stereocenters. The fraction of sp³-hybridized carbons (Fsp3) is 0.400. The van der Waals surface area contributed by atoms with Crippen molar-refractivity contribution in [3.63, 3.8) is 0 Å². The Morgan fingerprint density at radius 1 is 1.43 bits per heavy atom. The van der Waals surface area contributed by atoms with Crippen molar-refractivity contribution in [2.45, 2.75) is 32.2 Å². The summed E-state index contributed by atoms with van der Waals surface area (Å²) < 4.78 is 7.30. The summed E-state index contributed by atoms with van der Waals surface area (Å²) in [6.07, 6.45) is 2.00. The molecule has 0 bridgehead atoms. The highest BCUT2D eigenvalue weighted by molar-refractivity contribution is 5.86. The normalized spacial score (nSPS) is 14.1. The number of carboxylic acids is 1. The highest BCUT2D eigenvalue weighted by atomic mass is 16.5. The molecule has 0 radical (unpaired) electrons. The second-order valence-corrected chi connectivity index (χ2v) is 5.10. The van der Waals surface area contributed by atoms with E-state index in [9.17, 15) is 9.90 Å². The van der Waals surface area contributed by atoms with Crippen LogP contribution in [0.25, 0.3) is 0 Å². The SMILES string of the molecule is CCOc1ccccc1Cn1nnc(C(=O)O)c1C1CC1. The topological polar surface area (TPSA) is 77.2 Å². The number of aromatic nitrogens is 3. The van der Waals surface area contributed by atoms with Gasteiger partial charge in [-0.3, -0.25) is 0 Å². The van der Waals surface area contributed by atoms with Gasteiger partial charge < -0.3 is 9.84 Å². The minimum absolute atomic E-state index is 0.0754. The summed E-state index contributed by atoms with van der Waals surface area (Å²) in [5.41, 5.74) is 1.78. The van der Waals surface area contributed by atoms with E-state index in [1.165, 1.54) is 0 Å². The Hall–Kier alpha value is -2.37. The summed E-state index contributed by atoms with van der Waals surface area (Å²) >= 11 is 0. The number of carbonyl (C=O) groups is 1. The van der Waals surface area contributed by atoms with Gasteiger partial charge in [0.05, 0.1) is 18.8 Å². The van der Waals surface area contributed by atoms with Gasteiger partial charge in [0.1, 0.15) is 5.75 Å². The smallest absolute Gasteiger partial charge is 0.358 e. The molecule has 110 valence electrons. The number of benzene rings is 1. The van der Waals surface area contributed by atoms with Crippen molar-refractivity contribution in [3.05, 3.63) is 41.2 Å². The van der Waals surface area contributed by atoms with Gasteiger partial charge in [-0.2, -0.15) is 0 Å². The Bertz CT molecular complexity index is 662. The lowest BCUT2D eigenvalue weighted by atomic mass is 10.1. The monoisotopic (exact) mass is 287 g/mol. The van der Waals surface area contributed by atoms with Crippen LogP contribution in [0.5, 0.6) is 5.75 Å². The third-order valence-corrected chi connectivity index (χ3v) is 3.53. The van der Waals surface area contributed by atoms with Crippen molar-refractivity contribution < 1.29 is 14.6 Å². The van der Waals surface area contributed by atoms with E-state index in [1.807, 2.05) is 31.2 Å². The Morgan fingerprint density at radius 3 is 2.86 bits per heavy atom. The Morgan fingerprint density at radius 2 is 2.19 bits per heavy atom. The summed E-state index contributed by atoms with van der Waals surface area (Å²) in [7, 11) is 0. The lowest BCUT2D eigenvalue weighted by molar-refractivity contribution is 0.0689. The number of hydrogen-bond acceptors (Lipinski definition) is 4. The van der Waals surface area contributed by atoms with Crippen LogP contribution in [0, 0.1) is 0 Å². The lowest BCUT2D eigenvalue weighted by Gasteiger charge is -2.11. The van der Waals surface area contributed by atoms with Crippen molar-refractivity contribution in [2.75, 3.05) is 6.61 Å². The number of rotatable bonds is 6. The molecule has 0 saturated heterocycles. The van der Waals surface area contributed by atoms with Gasteiger partial charge in [-0.25, -0.2) is 9.48 Å². The van der Waals surface area contributed by atoms with Crippen LogP contribution < -0.4 is 4.74 Å². The number of nitrogens with zero attached hydrogens (tertiary/aromatic N) is 3. The van der Waals surface area contributed by atoms with E-state index >= 15 is 0 Å². The average molecular weight is 287 g/mol. The van der Waals surface area contributed by atoms with Gasteiger partial charge in [0.25, 0.3) is 0 Å². The van der Waals surface area contributed by atoms with Crippen LogP contribution in [0.1, 0.15) is 47.4 Å². The number of para-hydroxylation sites is 1. The molecular weight excluding hydrogens is 270 g/mol. The molecule has 1 aliphatic rings. The number of aromatic carboxylic acids is 1. The largest absolute Gasteiger partial charge is 0.494 e. The molecule has 2 aromatic rings. The highest BCUT2D eigenvalue weighted by Gasteiger charge is 2.33. The molecule has 6 nitrogen and oxygen atoms in total. The van der Waals surface area contributed by atoms with Gasteiger partial charge >= 0.3 is 5.97 Å². The van der Waals surface area contributed by atoms with E-state index in [4.69, 9.17) is 4.74 Å². The van der Waals surface area contributed by atoms with Crippen molar-refractivity contribution >= 4 is 5.97 Å². The molecule has 0 spiro atoms. The van der Waals surface area contributed by atoms with Gasteiger partial charge in [0.2, 0.25) is 0 Å². The quantitative estimate of drug-likeness (QED) is 0.882. The summed E-state index contributed by atoms with van der Waals surface area (Å²) in [4.78, 5) is 11.2. The maximum atomic E-state index is 11.2. The van der Waals surface area contributed by atoms with Crippen molar-refractivity contribution in [2.24, 2.45) is 0 Å². The van der Waals surface area contributed by atoms with E-state index in [-0.39, 0.29) is 11.6 Å². The third-order valence-electron chi connectivity index (χ3n) is 3.53. The minimum atomic E-state index is -1.01. The number of carboxylic acid groups (broad SMARTS) is 1. The molecule has 1 aromatic carbocycles. The van der Waals surface area contributed by atoms with Gasteiger partial charge in [0.15, 0.2) is 5.69 Å². The Labute approximate surface area is 122 Å². The number of ether oxygens (including phenoxy) is 1. The first-order valence-corrected chi connectivity index (χ1v) is 7.08. The molecule has 0 aliphatic heterocycles. The predicted molar refractivity (Wildman–Crippen MR) is 75.7 cm³/mol. The van der Waals surface area contributed by atoms with Crippen molar-refractivity contribution in [1.29, 1.82) is 0 Å². The Kier molecular flexibility index (Phi) is 3.60. The van der Waals surface area contributed by atoms with Crippen molar-refractivity contribution in [3.8, 4) is 5.75 Å². The molecule has 1 heterocycles. The van der Waals surface area contributed by atoms with Crippen LogP contribution in [0.15, 0.2) is 24.3 Å². The molecule has 6 heteroatoms. The van der Waals surface area contributed by atoms with E-state index in [0.29, 0.717) is 13.2 Å². The maximum absolute atomic E-state index is 11.2. The first kappa shape index (κ1) is 13.6. The molecule has 3 rings (SSSR count). The second-order valence-electron chi connectivity index (χ2n) is 5.10. The summed E-state index contributed by atoms with van der Waals surface area (Å²) in [6, 6.07) is 7.72. The van der Waals surface area contributed by atoms with Gasteiger partial charge in [0, 0.05) is 11.5 Å². The standard InChI is InChI=1S/C15H17N3O3/c1-2-21-12-6-4-3-5-11(12)9-18-14(10-7-8-10)13(15(19)20)16-17-18/h3-6,10H,2,7-9H2,1H3,(H,19,20). The third kappa shape index (κ3) is 2.74. The van der Waals surface area contributed by atoms with Crippen LogP contribution in [0.2, 0.25) is 0 Å². The van der Waals surface area contributed by atoms with E-state index in [1.54, 1.807) is 4.68 Å². The highest BCUT2D eigenvalue weighted by Crippen LogP contribution is 2.41. The second kappa shape index (κ2) is 5.55. The first-order chi connectivity index (χ1) is 10.2. The minimum Gasteiger partial charge on any atom is -0.494 e. The van der Waals surface area contributed by atoms with Crippen molar-refractivity contribution in [1.82, 2.24) is 15.0 Å². The Balaban J connectivity index is 1.93. The average Bonchev–Trinajstić information content (AvgIpc) is 3.22. The molecule has 21 heavy (non-hydrogen) atoms. The van der Waals surface area contributed by atoms with Crippen LogP contribution in [-0.2, 0) is 6.54 Å². The van der Waals surface area contributed by atoms with E-state index in [0.717, 1.165) is 29.8 Å². The maximum Gasteiger partial charge on any atom is 0.358 e. The van der Waals surface area contributed by atoms with Crippen LogP contribution in [0.4, 0.5) is 0 Å². The van der Waals surface area contributed by atoms with Crippen LogP contribution in [-0.4, -0.2) is 32.7 Å². The molecule has 0 amide bonds. The molecule has 0 atom stereocenters. The molecule has 1 fully saturated rings. The first-order valence-electron chi connectivity index (χ1n) is 7.08. The molecule has 1 saturated carbocycles. The van der Waals surface area contributed by atoms with Gasteiger partial charge in [-0.05, 0) is 25.8 Å². The summed E-state index contributed by atoms with van der Waals surface area (Å²) in [5, 5.41) is 17.1. The zero-order valence-corrected chi connectivity index (χ0v) is 11.8. The number of hydrogen-bond donors (Lipinski definition) is 1. The van der Waals surface area contributed by atoms with Gasteiger partial charge in [-0.1, -0.05) is 23.4 Å². The lowest BCUT2D eigenvalue weighted by Crippen LogP contribution is -2.09. The summed E-state index contributed by atoms with van der Waals surface area (Å²) in [6.45, 7) is 3.00. The molecule has 1 N–H and O–H groups in total. The fourth-order valence-corrected chi connectivity index (χ4v) is 2.44. The molecule has 1 aromatic heterocycles. The van der Waals surface area contributed by atoms with Crippen LogP contribution >= 0.6 is 0 Å². The zero-order chi connectivity index (χ0) is 14.8.